The van der Waals surface area contributed by atoms with Crippen molar-refractivity contribution in [2.24, 2.45) is 0 Å². The van der Waals surface area contributed by atoms with Crippen molar-refractivity contribution in [2.75, 3.05) is 0 Å². The van der Waals surface area contributed by atoms with Gasteiger partial charge in [0.15, 0.2) is 0 Å². The van der Waals surface area contributed by atoms with Crippen LogP contribution in [0.15, 0.2) is 23.8 Å². The third kappa shape index (κ3) is 1.24. The van der Waals surface area contributed by atoms with Crippen LogP contribution in [0.4, 0.5) is 0 Å². The van der Waals surface area contributed by atoms with Gasteiger partial charge in [0, 0.05) is 6.08 Å². The number of carbonyl (C=O) groups is 3. The third-order valence-electron chi connectivity index (χ3n) is 1.34. The lowest BCUT2D eigenvalue weighted by molar-refractivity contribution is -0.133. The summed E-state index contributed by atoms with van der Waals surface area (Å²) in [5, 5.41) is 10.3. The number of carboxylic acid groups (broad SMARTS) is 1. The van der Waals surface area contributed by atoms with Crippen LogP contribution < -0.4 is 5.32 Å². The molecule has 0 aromatic carbocycles. The zero-order chi connectivity index (χ0) is 9.30. The Kier molecular flexibility index (Phi) is 1.78. The predicted molar refractivity (Wildman–Crippen MR) is 38.0 cm³/mol. The summed E-state index contributed by atoms with van der Waals surface area (Å²) in [6.45, 7) is 3.14. The Morgan fingerprint density at radius 3 is 2.42 bits per heavy atom. The Bertz CT molecular complexity index is 326. The lowest BCUT2D eigenvalue weighted by atomic mass is 10.1. The third-order valence-corrected chi connectivity index (χ3v) is 1.34. The van der Waals surface area contributed by atoms with Gasteiger partial charge < -0.3 is 5.11 Å². The standard InChI is InChI=1S/C7H5NO4/c1-3(7(11)12)4-2-5(9)8-6(4)10/h2H,1H2,(H,11,12)(H,8,9,10). The maximum Gasteiger partial charge on any atom is 0.335 e. The maximum atomic E-state index is 10.8. The van der Waals surface area contributed by atoms with Gasteiger partial charge >= 0.3 is 5.97 Å². The van der Waals surface area contributed by atoms with Crippen molar-refractivity contribution >= 4 is 17.8 Å². The van der Waals surface area contributed by atoms with Crippen LogP contribution in [0, 0.1) is 0 Å². The van der Waals surface area contributed by atoms with Gasteiger partial charge in [-0.05, 0) is 0 Å². The van der Waals surface area contributed by atoms with Crippen LogP contribution in [-0.4, -0.2) is 22.9 Å². The molecule has 0 saturated carbocycles. The molecule has 0 bridgehead atoms. The fraction of sp³-hybridized carbons (Fsp3) is 0. The molecule has 0 aromatic heterocycles. The molecule has 0 aliphatic carbocycles. The zero-order valence-electron chi connectivity index (χ0n) is 5.96. The molecule has 12 heavy (non-hydrogen) atoms. The van der Waals surface area contributed by atoms with Crippen molar-refractivity contribution in [1.82, 2.24) is 5.32 Å². The van der Waals surface area contributed by atoms with E-state index >= 15 is 0 Å². The normalized spacial score (nSPS) is 15.5. The van der Waals surface area contributed by atoms with Crippen LogP contribution in [0.5, 0.6) is 0 Å². The van der Waals surface area contributed by atoms with E-state index in [1.807, 2.05) is 5.32 Å². The van der Waals surface area contributed by atoms with Crippen LogP contribution in [0.2, 0.25) is 0 Å². The number of amides is 2. The van der Waals surface area contributed by atoms with E-state index in [9.17, 15) is 14.4 Å². The molecule has 1 aliphatic rings. The SMILES string of the molecule is C=C(C(=O)O)C1=CC(=O)NC1=O. The van der Waals surface area contributed by atoms with Gasteiger partial charge in [-0.3, -0.25) is 14.9 Å². The molecule has 0 atom stereocenters. The molecule has 0 saturated heterocycles. The summed E-state index contributed by atoms with van der Waals surface area (Å²) in [6, 6.07) is 0. The molecule has 2 N–H and O–H groups in total. The molecule has 1 heterocycles. The van der Waals surface area contributed by atoms with E-state index in [4.69, 9.17) is 5.11 Å². The summed E-state index contributed by atoms with van der Waals surface area (Å²) in [7, 11) is 0. The van der Waals surface area contributed by atoms with Crippen LogP contribution in [0.1, 0.15) is 0 Å². The number of rotatable bonds is 2. The molecular formula is C7H5NO4. The Morgan fingerprint density at radius 2 is 2.08 bits per heavy atom. The van der Waals surface area contributed by atoms with E-state index in [0.29, 0.717) is 0 Å². The minimum Gasteiger partial charge on any atom is -0.478 e. The van der Waals surface area contributed by atoms with Gasteiger partial charge in [-0.1, -0.05) is 6.58 Å². The van der Waals surface area contributed by atoms with Crippen LogP contribution in [-0.2, 0) is 14.4 Å². The summed E-state index contributed by atoms with van der Waals surface area (Å²) in [5.41, 5.74) is -0.564. The second-order valence-electron chi connectivity index (χ2n) is 2.16. The predicted octanol–water partition coefficient (Wildman–Crippen LogP) is -0.790. The summed E-state index contributed by atoms with van der Waals surface area (Å²) in [4.78, 5) is 31.7. The largest absolute Gasteiger partial charge is 0.478 e. The molecule has 5 nitrogen and oxygen atoms in total. The van der Waals surface area contributed by atoms with Crippen molar-refractivity contribution in [3.8, 4) is 0 Å². The van der Waals surface area contributed by atoms with Crippen molar-refractivity contribution in [1.29, 1.82) is 0 Å². The molecule has 0 fully saturated rings. The second kappa shape index (κ2) is 2.61. The maximum absolute atomic E-state index is 10.8. The zero-order valence-corrected chi connectivity index (χ0v) is 5.96. The number of nitrogens with one attached hydrogen (secondary N) is 1. The smallest absolute Gasteiger partial charge is 0.335 e. The van der Waals surface area contributed by atoms with E-state index in [2.05, 4.69) is 6.58 Å². The Labute approximate surface area is 67.4 Å². The highest BCUT2D eigenvalue weighted by molar-refractivity contribution is 6.22. The fourth-order valence-electron chi connectivity index (χ4n) is 0.751. The van der Waals surface area contributed by atoms with Gasteiger partial charge in [0.25, 0.3) is 11.8 Å². The van der Waals surface area contributed by atoms with Gasteiger partial charge in [0.05, 0.1) is 11.1 Å². The Balaban J connectivity index is 2.97. The molecule has 0 spiro atoms. The van der Waals surface area contributed by atoms with Crippen molar-refractivity contribution in [2.45, 2.75) is 0 Å². The number of carbonyl (C=O) groups excluding carboxylic acids is 2. The first kappa shape index (κ1) is 8.19. The average molecular weight is 167 g/mol. The summed E-state index contributed by atoms with van der Waals surface area (Å²) < 4.78 is 0. The number of hydrogen-bond acceptors (Lipinski definition) is 3. The summed E-state index contributed by atoms with van der Waals surface area (Å²) in [6.07, 6.45) is 0.915. The highest BCUT2D eigenvalue weighted by Gasteiger charge is 2.25. The quantitative estimate of drug-likeness (QED) is 0.417. The molecule has 0 unspecified atom stereocenters. The highest BCUT2D eigenvalue weighted by atomic mass is 16.4. The minimum absolute atomic E-state index is 0.187. The van der Waals surface area contributed by atoms with Gasteiger partial charge in [0.1, 0.15) is 0 Å². The molecule has 1 aliphatic heterocycles. The fourth-order valence-corrected chi connectivity index (χ4v) is 0.751. The number of imide groups is 1. The molecule has 5 heteroatoms. The van der Waals surface area contributed by atoms with Crippen molar-refractivity contribution in [3.63, 3.8) is 0 Å². The number of carboxylic acids is 1. The van der Waals surface area contributed by atoms with Gasteiger partial charge in [-0.25, -0.2) is 4.79 Å². The second-order valence-corrected chi connectivity index (χ2v) is 2.16. The lowest BCUT2D eigenvalue weighted by Gasteiger charge is -1.96. The van der Waals surface area contributed by atoms with E-state index < -0.39 is 17.8 Å². The highest BCUT2D eigenvalue weighted by Crippen LogP contribution is 2.11. The van der Waals surface area contributed by atoms with Crippen molar-refractivity contribution in [3.05, 3.63) is 23.8 Å². The van der Waals surface area contributed by atoms with Gasteiger partial charge in [0.2, 0.25) is 0 Å². The topological polar surface area (TPSA) is 83.5 Å². The molecule has 1 rings (SSSR count). The van der Waals surface area contributed by atoms with Crippen LogP contribution >= 0.6 is 0 Å². The minimum atomic E-state index is -1.31. The monoisotopic (exact) mass is 167 g/mol. The van der Waals surface area contributed by atoms with Crippen molar-refractivity contribution < 1.29 is 19.5 Å². The number of hydrogen-bond donors (Lipinski definition) is 2. The molecule has 0 radical (unpaired) electrons. The molecule has 62 valence electrons. The molecular weight excluding hydrogens is 162 g/mol. The summed E-state index contributed by atoms with van der Waals surface area (Å²) in [5.74, 6) is -2.64. The Morgan fingerprint density at radius 1 is 1.50 bits per heavy atom. The first-order valence-electron chi connectivity index (χ1n) is 3.02. The van der Waals surface area contributed by atoms with Crippen LogP contribution in [0.25, 0.3) is 0 Å². The summed E-state index contributed by atoms with van der Waals surface area (Å²) >= 11 is 0. The van der Waals surface area contributed by atoms with Gasteiger partial charge in [-0.2, -0.15) is 0 Å². The lowest BCUT2D eigenvalue weighted by Crippen LogP contribution is -2.23. The van der Waals surface area contributed by atoms with Gasteiger partial charge in [-0.15, -0.1) is 0 Å². The molecule has 2 amide bonds. The Hall–Kier alpha value is -1.91. The van der Waals surface area contributed by atoms with E-state index in [-0.39, 0.29) is 11.1 Å². The number of aliphatic carboxylic acids is 1. The molecule has 0 aromatic rings. The van der Waals surface area contributed by atoms with Crippen LogP contribution in [0.3, 0.4) is 0 Å². The van der Waals surface area contributed by atoms with E-state index in [1.165, 1.54) is 0 Å². The first-order valence-corrected chi connectivity index (χ1v) is 3.02. The van der Waals surface area contributed by atoms with E-state index in [1.54, 1.807) is 0 Å². The average Bonchev–Trinajstić information content (AvgIpc) is 2.28. The van der Waals surface area contributed by atoms with E-state index in [0.717, 1.165) is 6.08 Å². The first-order chi connectivity index (χ1) is 5.52.